The summed E-state index contributed by atoms with van der Waals surface area (Å²) in [5.41, 5.74) is 0.546. The molecule has 7 heteroatoms. The topological polar surface area (TPSA) is 64.4 Å². The molecule has 1 aromatic heterocycles. The predicted molar refractivity (Wildman–Crippen MR) is 61.9 cm³/mol. The summed E-state index contributed by atoms with van der Waals surface area (Å²) in [5, 5.41) is 12.8. The van der Waals surface area contributed by atoms with Crippen LogP contribution in [0.5, 0.6) is 5.75 Å². The Morgan fingerprint density at radius 2 is 2.11 bits per heavy atom. The van der Waals surface area contributed by atoms with E-state index in [1.807, 2.05) is 0 Å². The number of aryl methyl sites for hydroxylation is 1. The van der Waals surface area contributed by atoms with E-state index in [0.717, 1.165) is 0 Å². The summed E-state index contributed by atoms with van der Waals surface area (Å²) in [7, 11) is 0. The summed E-state index contributed by atoms with van der Waals surface area (Å²) < 4.78 is 30.1. The van der Waals surface area contributed by atoms with Crippen LogP contribution in [0.15, 0.2) is 30.5 Å². The SMILES string of the molecule is Cc1cn(-c2ccccc2OC(F)F)nc1C(=O)O. The van der Waals surface area contributed by atoms with E-state index in [9.17, 15) is 13.6 Å². The van der Waals surface area contributed by atoms with Crippen molar-refractivity contribution >= 4 is 5.97 Å². The van der Waals surface area contributed by atoms with Crippen molar-refractivity contribution in [3.63, 3.8) is 0 Å². The summed E-state index contributed by atoms with van der Waals surface area (Å²) in [6.07, 6.45) is 1.44. The average molecular weight is 268 g/mol. The number of para-hydroxylation sites is 2. The fourth-order valence-electron chi connectivity index (χ4n) is 1.64. The van der Waals surface area contributed by atoms with Gasteiger partial charge in [-0.2, -0.15) is 13.9 Å². The van der Waals surface area contributed by atoms with Gasteiger partial charge in [0.25, 0.3) is 0 Å². The van der Waals surface area contributed by atoms with Crippen molar-refractivity contribution in [2.24, 2.45) is 0 Å². The highest BCUT2D eigenvalue weighted by Crippen LogP contribution is 2.24. The first-order valence-corrected chi connectivity index (χ1v) is 5.33. The van der Waals surface area contributed by atoms with Crippen molar-refractivity contribution in [1.29, 1.82) is 0 Å². The molecule has 0 saturated carbocycles. The van der Waals surface area contributed by atoms with Crippen LogP contribution in [0, 0.1) is 6.92 Å². The van der Waals surface area contributed by atoms with Crippen LogP contribution in [0.2, 0.25) is 0 Å². The second kappa shape index (κ2) is 5.05. The van der Waals surface area contributed by atoms with Crippen LogP contribution >= 0.6 is 0 Å². The molecule has 2 aromatic rings. The molecule has 0 radical (unpaired) electrons. The van der Waals surface area contributed by atoms with Gasteiger partial charge in [0, 0.05) is 11.8 Å². The fraction of sp³-hybridized carbons (Fsp3) is 0.167. The van der Waals surface area contributed by atoms with Crippen LogP contribution in [0.4, 0.5) is 8.78 Å². The minimum atomic E-state index is -2.96. The van der Waals surface area contributed by atoms with Crippen LogP contribution in [0.3, 0.4) is 0 Å². The number of benzene rings is 1. The summed E-state index contributed by atoms with van der Waals surface area (Å²) in [6, 6.07) is 6.02. The fourth-order valence-corrected chi connectivity index (χ4v) is 1.64. The molecule has 100 valence electrons. The molecule has 0 saturated heterocycles. The van der Waals surface area contributed by atoms with Gasteiger partial charge in [-0.1, -0.05) is 12.1 Å². The van der Waals surface area contributed by atoms with E-state index < -0.39 is 12.6 Å². The molecular weight excluding hydrogens is 258 g/mol. The van der Waals surface area contributed by atoms with E-state index in [0.29, 0.717) is 5.56 Å². The molecule has 2 rings (SSSR count). The lowest BCUT2D eigenvalue weighted by Crippen LogP contribution is -2.07. The van der Waals surface area contributed by atoms with Crippen LogP contribution in [0.25, 0.3) is 5.69 Å². The number of aromatic carboxylic acids is 1. The third-order valence-corrected chi connectivity index (χ3v) is 2.43. The lowest BCUT2D eigenvalue weighted by atomic mass is 10.3. The largest absolute Gasteiger partial charge is 0.476 e. The monoisotopic (exact) mass is 268 g/mol. The zero-order valence-corrected chi connectivity index (χ0v) is 9.88. The quantitative estimate of drug-likeness (QED) is 0.925. The van der Waals surface area contributed by atoms with Gasteiger partial charge in [0.1, 0.15) is 5.69 Å². The van der Waals surface area contributed by atoms with Crippen molar-refractivity contribution in [1.82, 2.24) is 9.78 Å². The number of nitrogens with zero attached hydrogens (tertiary/aromatic N) is 2. The van der Waals surface area contributed by atoms with Gasteiger partial charge in [0.05, 0.1) is 0 Å². The van der Waals surface area contributed by atoms with E-state index in [4.69, 9.17) is 5.11 Å². The zero-order valence-electron chi connectivity index (χ0n) is 9.88. The smallest absolute Gasteiger partial charge is 0.387 e. The molecule has 5 nitrogen and oxygen atoms in total. The van der Waals surface area contributed by atoms with Crippen LogP contribution in [-0.4, -0.2) is 27.5 Å². The number of carbonyl (C=O) groups is 1. The number of hydrogen-bond acceptors (Lipinski definition) is 3. The van der Waals surface area contributed by atoms with Gasteiger partial charge in [-0.15, -0.1) is 0 Å². The number of rotatable bonds is 4. The maximum Gasteiger partial charge on any atom is 0.387 e. The van der Waals surface area contributed by atoms with Gasteiger partial charge in [-0.25, -0.2) is 9.48 Å². The first kappa shape index (κ1) is 13.0. The first-order valence-electron chi connectivity index (χ1n) is 5.33. The Labute approximate surface area is 107 Å². The Morgan fingerprint density at radius 3 is 2.68 bits per heavy atom. The summed E-state index contributed by atoms with van der Waals surface area (Å²) in [6.45, 7) is -1.39. The Bertz CT molecular complexity index is 611. The molecule has 0 atom stereocenters. The summed E-state index contributed by atoms with van der Waals surface area (Å²) >= 11 is 0. The molecule has 0 aliphatic heterocycles. The molecule has 1 aromatic carbocycles. The Balaban J connectivity index is 2.47. The Kier molecular flexibility index (Phi) is 3.46. The molecule has 0 bridgehead atoms. The summed E-state index contributed by atoms with van der Waals surface area (Å²) in [4.78, 5) is 10.9. The zero-order chi connectivity index (χ0) is 14.0. The minimum absolute atomic E-state index is 0.0723. The molecule has 1 heterocycles. The first-order chi connectivity index (χ1) is 8.99. The third-order valence-electron chi connectivity index (χ3n) is 2.43. The van der Waals surface area contributed by atoms with Crippen molar-refractivity contribution in [2.75, 3.05) is 0 Å². The van der Waals surface area contributed by atoms with Crippen LogP contribution in [-0.2, 0) is 0 Å². The van der Waals surface area contributed by atoms with Crippen molar-refractivity contribution in [3.8, 4) is 11.4 Å². The minimum Gasteiger partial charge on any atom is -0.476 e. The van der Waals surface area contributed by atoms with Gasteiger partial charge in [-0.3, -0.25) is 0 Å². The maximum absolute atomic E-state index is 12.3. The highest BCUT2D eigenvalue weighted by atomic mass is 19.3. The number of ether oxygens (including phenoxy) is 1. The predicted octanol–water partition coefficient (Wildman–Crippen LogP) is 2.48. The normalized spacial score (nSPS) is 10.7. The van der Waals surface area contributed by atoms with Crippen molar-refractivity contribution in [2.45, 2.75) is 13.5 Å². The van der Waals surface area contributed by atoms with E-state index in [2.05, 4.69) is 9.84 Å². The lowest BCUT2D eigenvalue weighted by Gasteiger charge is -2.09. The standard InChI is InChI=1S/C12H10F2N2O3/c1-7-6-16(15-10(7)11(17)18)8-4-2-3-5-9(8)19-12(13)14/h2-6,12H,1H3,(H,17,18). The van der Waals surface area contributed by atoms with E-state index in [1.165, 1.54) is 29.1 Å². The summed E-state index contributed by atoms with van der Waals surface area (Å²) in [5.74, 6) is -1.25. The Hall–Kier alpha value is -2.44. The molecule has 0 amide bonds. The highest BCUT2D eigenvalue weighted by Gasteiger charge is 2.16. The molecule has 0 aliphatic carbocycles. The van der Waals surface area contributed by atoms with E-state index in [1.54, 1.807) is 13.0 Å². The number of halogens is 2. The second-order valence-corrected chi connectivity index (χ2v) is 3.76. The Morgan fingerprint density at radius 1 is 1.42 bits per heavy atom. The average Bonchev–Trinajstić information content (AvgIpc) is 2.71. The highest BCUT2D eigenvalue weighted by molar-refractivity contribution is 5.86. The van der Waals surface area contributed by atoms with Gasteiger partial charge in [0.2, 0.25) is 0 Å². The van der Waals surface area contributed by atoms with E-state index in [-0.39, 0.29) is 17.1 Å². The third kappa shape index (κ3) is 2.70. The molecule has 0 aliphatic rings. The van der Waals surface area contributed by atoms with Crippen LogP contribution < -0.4 is 4.74 Å². The molecule has 0 unspecified atom stereocenters. The number of hydrogen-bond donors (Lipinski definition) is 1. The van der Waals surface area contributed by atoms with Crippen molar-refractivity contribution in [3.05, 3.63) is 41.7 Å². The molecule has 0 fully saturated rings. The van der Waals surface area contributed by atoms with Crippen LogP contribution in [0.1, 0.15) is 16.1 Å². The van der Waals surface area contributed by atoms with Crippen molar-refractivity contribution < 1.29 is 23.4 Å². The number of alkyl halides is 2. The maximum atomic E-state index is 12.3. The number of carboxylic acid groups (broad SMARTS) is 1. The van der Waals surface area contributed by atoms with Gasteiger partial charge in [0.15, 0.2) is 11.4 Å². The second-order valence-electron chi connectivity index (χ2n) is 3.76. The van der Waals surface area contributed by atoms with Gasteiger partial charge < -0.3 is 9.84 Å². The number of carboxylic acids is 1. The molecular formula is C12H10F2N2O3. The van der Waals surface area contributed by atoms with E-state index >= 15 is 0 Å². The lowest BCUT2D eigenvalue weighted by molar-refractivity contribution is -0.0499. The van der Waals surface area contributed by atoms with Gasteiger partial charge in [-0.05, 0) is 19.1 Å². The number of aromatic nitrogens is 2. The molecule has 1 N–H and O–H groups in total. The van der Waals surface area contributed by atoms with Gasteiger partial charge >= 0.3 is 12.6 Å². The molecule has 19 heavy (non-hydrogen) atoms. The molecule has 0 spiro atoms.